The average Bonchev–Trinajstić information content (AvgIpc) is 3.02. The molecule has 1 amide bonds. The molecule has 0 spiro atoms. The number of rotatable bonds is 4. The van der Waals surface area contributed by atoms with E-state index >= 15 is 0 Å². The summed E-state index contributed by atoms with van der Waals surface area (Å²) in [5.74, 6) is 0.965. The lowest BCUT2D eigenvalue weighted by molar-refractivity contribution is -0.116. The highest BCUT2D eigenvalue weighted by molar-refractivity contribution is 5.90. The van der Waals surface area contributed by atoms with E-state index in [2.05, 4.69) is 10.3 Å². The third kappa shape index (κ3) is 2.22. The standard InChI is InChI=1S/C11H13N3O2/c1-2-3-9(15)14-11-8(6-12)13-10(16-11)7-4-5-7/h7H,2-5H2,1H3,(H,14,15). The largest absolute Gasteiger partial charge is 0.423 e. The number of carbonyl (C=O) groups is 1. The summed E-state index contributed by atoms with van der Waals surface area (Å²) in [5.41, 5.74) is 0.173. The van der Waals surface area contributed by atoms with Gasteiger partial charge in [0.25, 0.3) is 0 Å². The number of nitrogens with zero attached hydrogens (tertiary/aromatic N) is 2. The highest BCUT2D eigenvalue weighted by Gasteiger charge is 2.30. The second-order valence-electron chi connectivity index (χ2n) is 3.91. The molecule has 2 rings (SSSR count). The molecule has 1 aliphatic rings. The molecular weight excluding hydrogens is 206 g/mol. The molecule has 0 bridgehead atoms. The van der Waals surface area contributed by atoms with Crippen molar-refractivity contribution >= 4 is 11.8 Å². The van der Waals surface area contributed by atoms with Crippen LogP contribution in [0.2, 0.25) is 0 Å². The van der Waals surface area contributed by atoms with E-state index in [9.17, 15) is 4.79 Å². The number of hydrogen-bond acceptors (Lipinski definition) is 4. The van der Waals surface area contributed by atoms with Crippen molar-refractivity contribution in [3.05, 3.63) is 11.6 Å². The first-order valence-corrected chi connectivity index (χ1v) is 5.45. The van der Waals surface area contributed by atoms with Crippen molar-refractivity contribution in [2.75, 3.05) is 5.32 Å². The van der Waals surface area contributed by atoms with Crippen LogP contribution in [-0.4, -0.2) is 10.9 Å². The predicted molar refractivity (Wildman–Crippen MR) is 56.7 cm³/mol. The monoisotopic (exact) mass is 219 g/mol. The number of carbonyl (C=O) groups excluding carboxylic acids is 1. The van der Waals surface area contributed by atoms with Crippen molar-refractivity contribution in [2.24, 2.45) is 0 Å². The Kier molecular flexibility index (Phi) is 2.91. The molecule has 0 unspecified atom stereocenters. The molecule has 0 aromatic carbocycles. The number of anilines is 1. The molecule has 1 aromatic rings. The normalized spacial score (nSPS) is 14.5. The van der Waals surface area contributed by atoms with Gasteiger partial charge in [0.2, 0.25) is 23.4 Å². The first-order valence-electron chi connectivity index (χ1n) is 5.45. The zero-order chi connectivity index (χ0) is 11.5. The molecule has 5 heteroatoms. The Balaban J connectivity index is 2.12. The number of amides is 1. The Morgan fingerprint density at radius 3 is 3.00 bits per heavy atom. The van der Waals surface area contributed by atoms with Crippen molar-refractivity contribution in [3.8, 4) is 6.07 Å². The number of hydrogen-bond donors (Lipinski definition) is 1. The number of aromatic nitrogens is 1. The van der Waals surface area contributed by atoms with E-state index in [4.69, 9.17) is 9.68 Å². The van der Waals surface area contributed by atoms with E-state index in [1.165, 1.54) is 0 Å². The van der Waals surface area contributed by atoms with Gasteiger partial charge in [-0.3, -0.25) is 10.1 Å². The van der Waals surface area contributed by atoms with Gasteiger partial charge in [0.1, 0.15) is 6.07 Å². The van der Waals surface area contributed by atoms with Crippen molar-refractivity contribution < 1.29 is 9.21 Å². The van der Waals surface area contributed by atoms with Crippen LogP contribution in [-0.2, 0) is 4.79 Å². The summed E-state index contributed by atoms with van der Waals surface area (Å²) in [6.07, 6.45) is 3.28. The van der Waals surface area contributed by atoms with Gasteiger partial charge in [-0.25, -0.2) is 4.98 Å². The van der Waals surface area contributed by atoms with Crippen molar-refractivity contribution in [3.63, 3.8) is 0 Å². The van der Waals surface area contributed by atoms with Gasteiger partial charge >= 0.3 is 0 Å². The maximum absolute atomic E-state index is 11.4. The highest BCUT2D eigenvalue weighted by atomic mass is 16.4. The topological polar surface area (TPSA) is 78.9 Å². The quantitative estimate of drug-likeness (QED) is 0.841. The lowest BCUT2D eigenvalue weighted by Crippen LogP contribution is -2.10. The first kappa shape index (κ1) is 10.7. The molecule has 0 saturated heterocycles. The molecule has 1 saturated carbocycles. The molecule has 1 aliphatic carbocycles. The molecule has 5 nitrogen and oxygen atoms in total. The zero-order valence-corrected chi connectivity index (χ0v) is 9.12. The van der Waals surface area contributed by atoms with Crippen LogP contribution in [0.15, 0.2) is 4.42 Å². The van der Waals surface area contributed by atoms with E-state index in [0.29, 0.717) is 18.2 Å². The van der Waals surface area contributed by atoms with Gasteiger partial charge in [0.15, 0.2) is 0 Å². The van der Waals surface area contributed by atoms with Gasteiger partial charge in [0.05, 0.1) is 0 Å². The van der Waals surface area contributed by atoms with Crippen LogP contribution < -0.4 is 5.32 Å². The Hall–Kier alpha value is -1.83. The van der Waals surface area contributed by atoms with Crippen molar-refractivity contribution in [1.82, 2.24) is 4.98 Å². The maximum atomic E-state index is 11.4. The van der Waals surface area contributed by atoms with Crippen LogP contribution in [0.25, 0.3) is 0 Å². The number of nitriles is 1. The molecule has 1 aromatic heterocycles. The van der Waals surface area contributed by atoms with Crippen LogP contribution in [0, 0.1) is 11.3 Å². The molecule has 0 atom stereocenters. The molecule has 84 valence electrons. The van der Waals surface area contributed by atoms with Crippen LogP contribution in [0.5, 0.6) is 0 Å². The average molecular weight is 219 g/mol. The Morgan fingerprint density at radius 2 is 2.44 bits per heavy atom. The Bertz CT molecular complexity index is 441. The predicted octanol–water partition coefficient (Wildman–Crippen LogP) is 2.16. The maximum Gasteiger partial charge on any atom is 0.238 e. The molecule has 0 radical (unpaired) electrons. The summed E-state index contributed by atoms with van der Waals surface area (Å²) in [4.78, 5) is 15.4. The molecule has 1 fully saturated rings. The van der Waals surface area contributed by atoms with Crippen molar-refractivity contribution in [1.29, 1.82) is 5.26 Å². The summed E-state index contributed by atoms with van der Waals surface area (Å²) < 4.78 is 5.38. The van der Waals surface area contributed by atoms with Gasteiger partial charge in [0, 0.05) is 12.3 Å². The molecule has 1 N–H and O–H groups in total. The van der Waals surface area contributed by atoms with E-state index in [0.717, 1.165) is 19.3 Å². The van der Waals surface area contributed by atoms with Crippen LogP contribution in [0.1, 0.15) is 50.1 Å². The van der Waals surface area contributed by atoms with Gasteiger partial charge in [-0.2, -0.15) is 5.26 Å². The fourth-order valence-electron chi connectivity index (χ4n) is 1.42. The third-order valence-corrected chi connectivity index (χ3v) is 2.41. The van der Waals surface area contributed by atoms with E-state index in [1.807, 2.05) is 13.0 Å². The second-order valence-corrected chi connectivity index (χ2v) is 3.91. The Morgan fingerprint density at radius 1 is 1.69 bits per heavy atom. The molecule has 0 aliphatic heterocycles. The minimum Gasteiger partial charge on any atom is -0.423 e. The number of nitrogens with one attached hydrogen (secondary N) is 1. The summed E-state index contributed by atoms with van der Waals surface area (Å²) in [7, 11) is 0. The molecular formula is C11H13N3O2. The minimum atomic E-state index is -0.141. The fourth-order valence-corrected chi connectivity index (χ4v) is 1.42. The van der Waals surface area contributed by atoms with Gasteiger partial charge in [-0.05, 0) is 19.3 Å². The van der Waals surface area contributed by atoms with Gasteiger partial charge in [-0.15, -0.1) is 0 Å². The minimum absolute atomic E-state index is 0.141. The van der Waals surface area contributed by atoms with Crippen LogP contribution >= 0.6 is 0 Å². The van der Waals surface area contributed by atoms with E-state index < -0.39 is 0 Å². The van der Waals surface area contributed by atoms with Gasteiger partial charge in [-0.1, -0.05) is 6.92 Å². The first-order chi connectivity index (χ1) is 7.74. The third-order valence-electron chi connectivity index (χ3n) is 2.41. The Labute approximate surface area is 93.5 Å². The number of oxazole rings is 1. The summed E-state index contributed by atoms with van der Waals surface area (Å²) >= 11 is 0. The summed E-state index contributed by atoms with van der Waals surface area (Å²) in [6, 6.07) is 1.93. The summed E-state index contributed by atoms with van der Waals surface area (Å²) in [6.45, 7) is 1.92. The van der Waals surface area contributed by atoms with E-state index in [-0.39, 0.29) is 17.5 Å². The lowest BCUT2D eigenvalue weighted by Gasteiger charge is -1.98. The summed E-state index contributed by atoms with van der Waals surface area (Å²) in [5, 5.41) is 11.4. The van der Waals surface area contributed by atoms with Crippen LogP contribution in [0.3, 0.4) is 0 Å². The van der Waals surface area contributed by atoms with E-state index in [1.54, 1.807) is 0 Å². The molecule has 1 heterocycles. The van der Waals surface area contributed by atoms with Gasteiger partial charge < -0.3 is 4.42 Å². The second kappa shape index (κ2) is 4.35. The fraction of sp³-hybridized carbons (Fsp3) is 0.545. The smallest absolute Gasteiger partial charge is 0.238 e. The zero-order valence-electron chi connectivity index (χ0n) is 9.12. The molecule has 16 heavy (non-hydrogen) atoms. The highest BCUT2D eigenvalue weighted by Crippen LogP contribution is 2.40. The van der Waals surface area contributed by atoms with Crippen LogP contribution in [0.4, 0.5) is 5.88 Å². The SMILES string of the molecule is CCCC(=O)Nc1oc(C2CC2)nc1C#N. The lowest BCUT2D eigenvalue weighted by atomic mass is 10.3. The van der Waals surface area contributed by atoms with Crippen molar-refractivity contribution in [2.45, 2.75) is 38.5 Å².